The monoisotopic (exact) mass is 640 g/mol. The molecular formula is C34H29BrN2O6. The molecule has 0 radical (unpaired) electrons. The third kappa shape index (κ3) is 6.95. The second-order valence-electron chi connectivity index (χ2n) is 9.98. The van der Waals surface area contributed by atoms with Gasteiger partial charge in [0.05, 0.1) is 12.8 Å². The van der Waals surface area contributed by atoms with Gasteiger partial charge < -0.3 is 14.2 Å². The van der Waals surface area contributed by atoms with Gasteiger partial charge in [0.1, 0.15) is 36.0 Å². The van der Waals surface area contributed by atoms with Crippen molar-refractivity contribution in [3.8, 4) is 17.2 Å². The van der Waals surface area contributed by atoms with E-state index in [1.807, 2.05) is 56.3 Å². The molecule has 0 aromatic heterocycles. The topological polar surface area (TPSA) is 94.2 Å². The number of barbiturate groups is 1. The number of nitrogens with one attached hydrogen (secondary N) is 1. The highest BCUT2D eigenvalue weighted by atomic mass is 79.9. The van der Waals surface area contributed by atoms with Gasteiger partial charge >= 0.3 is 6.03 Å². The molecule has 9 heteroatoms. The minimum Gasteiger partial charge on any atom is -0.497 e. The number of imide groups is 2. The number of anilines is 1. The van der Waals surface area contributed by atoms with Crippen molar-refractivity contribution in [2.75, 3.05) is 12.0 Å². The number of carbonyl (C=O) groups is 3. The zero-order valence-corrected chi connectivity index (χ0v) is 25.4. The smallest absolute Gasteiger partial charge is 0.335 e. The maximum Gasteiger partial charge on any atom is 0.335 e. The molecule has 8 nitrogen and oxygen atoms in total. The number of urea groups is 1. The summed E-state index contributed by atoms with van der Waals surface area (Å²) in [5, 5.41) is 2.26. The fraction of sp³-hybridized carbons (Fsp3) is 0.147. The lowest BCUT2D eigenvalue weighted by atomic mass is 10.1. The SMILES string of the molecule is COc1ccc(/C=C2\C(=O)NC(=O)N(c3ccc(OCc4ccc(Br)cc4)cc3)C2=O)c(OCc2ccc(C)c(C)c2)c1. The van der Waals surface area contributed by atoms with E-state index in [4.69, 9.17) is 14.2 Å². The molecule has 1 saturated heterocycles. The van der Waals surface area contributed by atoms with Gasteiger partial charge in [0.25, 0.3) is 11.8 Å². The van der Waals surface area contributed by atoms with E-state index in [2.05, 4.69) is 21.2 Å². The van der Waals surface area contributed by atoms with Crippen molar-refractivity contribution in [3.05, 3.63) is 123 Å². The highest BCUT2D eigenvalue weighted by Gasteiger charge is 2.37. The van der Waals surface area contributed by atoms with Crippen LogP contribution in [0.2, 0.25) is 0 Å². The van der Waals surface area contributed by atoms with E-state index in [1.54, 1.807) is 49.6 Å². The van der Waals surface area contributed by atoms with E-state index in [0.29, 0.717) is 29.4 Å². The van der Waals surface area contributed by atoms with Crippen molar-refractivity contribution in [3.63, 3.8) is 0 Å². The maximum atomic E-state index is 13.5. The van der Waals surface area contributed by atoms with Gasteiger partial charge in [0.15, 0.2) is 0 Å². The zero-order valence-electron chi connectivity index (χ0n) is 23.8. The standard InChI is InChI=1S/C34H29BrN2O6/c1-21-4-5-24(16-22(21)2)20-43-31-18-29(41-3)13-8-25(31)17-30-32(38)36-34(40)37(33(30)39)27-11-14-28(15-12-27)42-19-23-6-9-26(35)10-7-23/h4-18H,19-20H2,1-3H3,(H,36,38,40)/b30-17+. The average Bonchev–Trinajstić information content (AvgIpc) is 3.00. The van der Waals surface area contributed by atoms with Crippen LogP contribution in [-0.4, -0.2) is 25.0 Å². The molecule has 0 spiro atoms. The molecule has 0 unspecified atom stereocenters. The van der Waals surface area contributed by atoms with E-state index in [9.17, 15) is 14.4 Å². The summed E-state index contributed by atoms with van der Waals surface area (Å²) >= 11 is 3.41. The second-order valence-corrected chi connectivity index (χ2v) is 10.9. The maximum absolute atomic E-state index is 13.5. The molecule has 1 heterocycles. The zero-order chi connectivity index (χ0) is 30.5. The third-order valence-corrected chi connectivity index (χ3v) is 7.53. The normalized spacial score (nSPS) is 14.1. The first-order valence-electron chi connectivity index (χ1n) is 13.5. The number of hydrogen-bond donors (Lipinski definition) is 1. The molecule has 1 N–H and O–H groups in total. The van der Waals surface area contributed by atoms with Crippen LogP contribution in [0.4, 0.5) is 10.5 Å². The molecular weight excluding hydrogens is 612 g/mol. The largest absolute Gasteiger partial charge is 0.497 e. The van der Waals surface area contributed by atoms with Crippen molar-refractivity contribution in [1.29, 1.82) is 0 Å². The molecule has 4 aromatic rings. The highest BCUT2D eigenvalue weighted by molar-refractivity contribution is 9.10. The number of nitrogens with zero attached hydrogens (tertiary/aromatic N) is 1. The van der Waals surface area contributed by atoms with E-state index in [-0.39, 0.29) is 17.9 Å². The predicted octanol–water partition coefficient (Wildman–Crippen LogP) is 6.90. The third-order valence-electron chi connectivity index (χ3n) is 7.00. The van der Waals surface area contributed by atoms with Crippen LogP contribution < -0.4 is 24.4 Å². The Labute approximate surface area is 258 Å². The van der Waals surface area contributed by atoms with Crippen molar-refractivity contribution < 1.29 is 28.6 Å². The first-order valence-corrected chi connectivity index (χ1v) is 14.3. The lowest BCUT2D eigenvalue weighted by Crippen LogP contribution is -2.54. The number of halogens is 1. The van der Waals surface area contributed by atoms with Crippen LogP contribution in [0.5, 0.6) is 17.2 Å². The van der Waals surface area contributed by atoms with Crippen LogP contribution in [-0.2, 0) is 22.8 Å². The quantitative estimate of drug-likeness (QED) is 0.158. The van der Waals surface area contributed by atoms with E-state index >= 15 is 0 Å². The number of hydrogen-bond acceptors (Lipinski definition) is 6. The summed E-state index contributed by atoms with van der Waals surface area (Å²) in [7, 11) is 1.54. The summed E-state index contributed by atoms with van der Waals surface area (Å²) in [6.07, 6.45) is 1.42. The number of ether oxygens (including phenoxy) is 3. The molecule has 0 aliphatic carbocycles. The number of aryl methyl sites for hydroxylation is 2. The summed E-state index contributed by atoms with van der Waals surface area (Å²) in [6, 6.07) is 24.6. The van der Waals surface area contributed by atoms with Crippen LogP contribution in [0.1, 0.15) is 27.8 Å². The van der Waals surface area contributed by atoms with Gasteiger partial charge in [0.2, 0.25) is 0 Å². The Balaban J connectivity index is 1.36. The molecule has 1 aliphatic heterocycles. The number of benzene rings is 4. The van der Waals surface area contributed by atoms with Crippen molar-refractivity contribution in [2.45, 2.75) is 27.1 Å². The van der Waals surface area contributed by atoms with Gasteiger partial charge in [-0.25, -0.2) is 9.69 Å². The molecule has 1 aliphatic rings. The lowest BCUT2D eigenvalue weighted by molar-refractivity contribution is -0.122. The second kappa shape index (κ2) is 13.0. The molecule has 218 valence electrons. The van der Waals surface area contributed by atoms with Gasteiger partial charge in [-0.1, -0.05) is 46.3 Å². The molecule has 0 bridgehead atoms. The van der Waals surface area contributed by atoms with E-state index in [1.165, 1.54) is 11.6 Å². The number of rotatable bonds is 9. The molecule has 4 amide bonds. The molecule has 0 atom stereocenters. The molecule has 5 rings (SSSR count). The summed E-state index contributed by atoms with van der Waals surface area (Å²) in [6.45, 7) is 4.70. The van der Waals surface area contributed by atoms with Crippen molar-refractivity contribution in [1.82, 2.24) is 5.32 Å². The molecule has 4 aromatic carbocycles. The summed E-state index contributed by atoms with van der Waals surface area (Å²) in [5.41, 5.74) is 4.84. The lowest BCUT2D eigenvalue weighted by Gasteiger charge is -2.26. The van der Waals surface area contributed by atoms with Crippen LogP contribution in [0.15, 0.2) is 95.0 Å². The van der Waals surface area contributed by atoms with Gasteiger partial charge in [0, 0.05) is 16.1 Å². The summed E-state index contributed by atoms with van der Waals surface area (Å²) in [5.74, 6) is -0.0191. The van der Waals surface area contributed by atoms with Crippen LogP contribution in [0.25, 0.3) is 6.08 Å². The van der Waals surface area contributed by atoms with Crippen LogP contribution in [0, 0.1) is 13.8 Å². The van der Waals surface area contributed by atoms with Gasteiger partial charge in [-0.2, -0.15) is 0 Å². The Bertz CT molecular complexity index is 1710. The number of amides is 4. The van der Waals surface area contributed by atoms with Gasteiger partial charge in [-0.15, -0.1) is 0 Å². The van der Waals surface area contributed by atoms with E-state index in [0.717, 1.165) is 26.1 Å². The fourth-order valence-corrected chi connectivity index (χ4v) is 4.69. The Morgan fingerprint density at radius 1 is 0.767 bits per heavy atom. The molecule has 0 saturated carbocycles. The van der Waals surface area contributed by atoms with Crippen molar-refractivity contribution in [2.24, 2.45) is 0 Å². The van der Waals surface area contributed by atoms with Crippen LogP contribution >= 0.6 is 15.9 Å². The Morgan fingerprint density at radius 2 is 1.44 bits per heavy atom. The highest BCUT2D eigenvalue weighted by Crippen LogP contribution is 2.30. The molecule has 1 fully saturated rings. The average molecular weight is 642 g/mol. The predicted molar refractivity (Wildman–Crippen MR) is 167 cm³/mol. The minimum absolute atomic E-state index is 0.212. The van der Waals surface area contributed by atoms with Gasteiger partial charge in [-0.05, 0) is 90.7 Å². The number of carbonyl (C=O) groups excluding carboxylic acids is 3. The first-order chi connectivity index (χ1) is 20.7. The summed E-state index contributed by atoms with van der Waals surface area (Å²) in [4.78, 5) is 40.1. The Morgan fingerprint density at radius 3 is 2.14 bits per heavy atom. The van der Waals surface area contributed by atoms with E-state index < -0.39 is 17.8 Å². The molecule has 43 heavy (non-hydrogen) atoms. The van der Waals surface area contributed by atoms with Crippen LogP contribution in [0.3, 0.4) is 0 Å². The Kier molecular flexibility index (Phi) is 8.92. The summed E-state index contributed by atoms with van der Waals surface area (Å²) < 4.78 is 18.3. The minimum atomic E-state index is -0.836. The first kappa shape index (κ1) is 29.6. The number of methoxy groups -OCH3 is 1. The van der Waals surface area contributed by atoms with Crippen molar-refractivity contribution >= 4 is 45.5 Å². The fourth-order valence-electron chi connectivity index (χ4n) is 4.43. The van der Waals surface area contributed by atoms with Gasteiger partial charge in [-0.3, -0.25) is 14.9 Å². The Hall–Kier alpha value is -4.89.